The van der Waals surface area contributed by atoms with Gasteiger partial charge in [0, 0.05) is 6.20 Å². The zero-order valence-corrected chi connectivity index (χ0v) is 5.78. The third-order valence-corrected chi connectivity index (χ3v) is 0.987. The molecule has 0 radical (unpaired) electrons. The molecule has 0 bridgehead atoms. The third-order valence-electron chi connectivity index (χ3n) is 0.987. The van der Waals surface area contributed by atoms with E-state index in [1.54, 1.807) is 0 Å². The Labute approximate surface area is 66.2 Å². The first-order valence-electron chi connectivity index (χ1n) is 2.95. The molecule has 1 rings (SSSR count). The van der Waals surface area contributed by atoms with Crippen molar-refractivity contribution in [2.75, 3.05) is 0 Å². The van der Waals surface area contributed by atoms with Gasteiger partial charge in [0.1, 0.15) is 6.33 Å². The Morgan fingerprint density at radius 3 is 2.83 bits per heavy atom. The van der Waals surface area contributed by atoms with Crippen LogP contribution in [0.3, 0.4) is 0 Å². The van der Waals surface area contributed by atoms with Crippen LogP contribution in [0.4, 0.5) is 8.78 Å². The van der Waals surface area contributed by atoms with E-state index in [1.807, 2.05) is 0 Å². The van der Waals surface area contributed by atoms with Gasteiger partial charge >= 0.3 is 12.6 Å². The van der Waals surface area contributed by atoms with E-state index < -0.39 is 12.6 Å². The molecule has 0 amide bonds. The van der Waals surface area contributed by atoms with Crippen molar-refractivity contribution in [2.24, 2.45) is 0 Å². The first-order chi connectivity index (χ1) is 5.70. The lowest BCUT2D eigenvalue weighted by atomic mass is 10.4. The van der Waals surface area contributed by atoms with Crippen LogP contribution in [-0.2, 0) is 4.74 Å². The summed E-state index contributed by atoms with van der Waals surface area (Å²) in [6.45, 7) is -3.12. The van der Waals surface area contributed by atoms with Crippen LogP contribution in [0.2, 0.25) is 0 Å². The van der Waals surface area contributed by atoms with Crippen molar-refractivity contribution in [3.8, 4) is 0 Å². The fourth-order valence-electron chi connectivity index (χ4n) is 0.553. The minimum atomic E-state index is -3.12. The fraction of sp³-hybridized carbons (Fsp3) is 0.167. The van der Waals surface area contributed by atoms with Gasteiger partial charge < -0.3 is 4.74 Å². The second kappa shape index (κ2) is 3.70. The predicted octanol–water partition coefficient (Wildman–Crippen LogP) is 0.856. The van der Waals surface area contributed by atoms with Crippen molar-refractivity contribution in [1.29, 1.82) is 0 Å². The van der Waals surface area contributed by atoms with Crippen LogP contribution < -0.4 is 0 Å². The van der Waals surface area contributed by atoms with Crippen molar-refractivity contribution < 1.29 is 18.3 Å². The van der Waals surface area contributed by atoms with E-state index in [9.17, 15) is 13.6 Å². The van der Waals surface area contributed by atoms with E-state index in [2.05, 4.69) is 14.7 Å². The van der Waals surface area contributed by atoms with E-state index in [4.69, 9.17) is 0 Å². The molecule has 0 spiro atoms. The number of halogens is 2. The predicted molar refractivity (Wildman–Crippen MR) is 33.5 cm³/mol. The van der Waals surface area contributed by atoms with Crippen molar-refractivity contribution in [3.63, 3.8) is 0 Å². The maximum absolute atomic E-state index is 11.5. The highest BCUT2D eigenvalue weighted by molar-refractivity contribution is 5.86. The van der Waals surface area contributed by atoms with Gasteiger partial charge in [-0.25, -0.2) is 14.8 Å². The molecule has 1 aromatic rings. The first-order valence-corrected chi connectivity index (χ1v) is 2.95. The van der Waals surface area contributed by atoms with E-state index >= 15 is 0 Å². The Kier molecular flexibility index (Phi) is 2.62. The molecular weight excluding hydrogens is 170 g/mol. The number of aromatic nitrogens is 2. The van der Waals surface area contributed by atoms with E-state index in [-0.39, 0.29) is 5.69 Å². The molecule has 0 aliphatic rings. The summed E-state index contributed by atoms with van der Waals surface area (Å²) in [5, 5.41) is 0. The number of hydrogen-bond acceptors (Lipinski definition) is 4. The maximum atomic E-state index is 11.5. The molecule has 0 saturated heterocycles. The molecule has 12 heavy (non-hydrogen) atoms. The lowest BCUT2D eigenvalue weighted by Gasteiger charge is -1.99. The fourth-order valence-corrected chi connectivity index (χ4v) is 0.553. The van der Waals surface area contributed by atoms with Crippen LogP contribution in [0.25, 0.3) is 0 Å². The number of nitrogens with zero attached hydrogens (tertiary/aromatic N) is 2. The topological polar surface area (TPSA) is 52.1 Å². The standard InChI is InChI=1S/C6H4F2N2O2/c7-6(8)12-5(11)4-1-2-9-3-10-4/h1-3,6H. The van der Waals surface area contributed by atoms with Gasteiger partial charge in [0.15, 0.2) is 5.69 Å². The minimum Gasteiger partial charge on any atom is -0.398 e. The van der Waals surface area contributed by atoms with Crippen molar-refractivity contribution in [2.45, 2.75) is 6.61 Å². The van der Waals surface area contributed by atoms with E-state index in [0.717, 1.165) is 6.33 Å². The van der Waals surface area contributed by atoms with Gasteiger partial charge in [0.05, 0.1) is 0 Å². The number of rotatable bonds is 2. The molecule has 0 fully saturated rings. The molecule has 0 N–H and O–H groups in total. The van der Waals surface area contributed by atoms with Crippen LogP contribution in [0.1, 0.15) is 10.5 Å². The van der Waals surface area contributed by atoms with Gasteiger partial charge in [-0.15, -0.1) is 0 Å². The molecule has 0 unspecified atom stereocenters. The molecule has 4 nitrogen and oxygen atoms in total. The largest absolute Gasteiger partial charge is 0.398 e. The molecule has 0 saturated carbocycles. The number of ether oxygens (including phenoxy) is 1. The zero-order valence-electron chi connectivity index (χ0n) is 5.78. The SMILES string of the molecule is O=C(OC(F)F)c1ccncn1. The highest BCUT2D eigenvalue weighted by Crippen LogP contribution is 2.01. The van der Waals surface area contributed by atoms with Crippen LogP contribution in [0, 0.1) is 0 Å². The number of hydrogen-bond donors (Lipinski definition) is 0. The summed E-state index contributed by atoms with van der Waals surface area (Å²) in [7, 11) is 0. The summed E-state index contributed by atoms with van der Waals surface area (Å²) in [4.78, 5) is 17.6. The number of alkyl halides is 2. The zero-order chi connectivity index (χ0) is 8.97. The van der Waals surface area contributed by atoms with Crippen LogP contribution in [-0.4, -0.2) is 22.5 Å². The Bertz CT molecular complexity index is 266. The van der Waals surface area contributed by atoms with Gasteiger partial charge in [-0.3, -0.25) is 0 Å². The number of esters is 1. The highest BCUT2D eigenvalue weighted by atomic mass is 19.3. The lowest BCUT2D eigenvalue weighted by Crippen LogP contribution is -2.11. The van der Waals surface area contributed by atoms with Gasteiger partial charge in [-0.1, -0.05) is 0 Å². The Hall–Kier alpha value is -1.59. The second-order valence-corrected chi connectivity index (χ2v) is 1.76. The Morgan fingerprint density at radius 2 is 2.33 bits per heavy atom. The molecule has 0 aliphatic heterocycles. The Balaban J connectivity index is 2.66. The van der Waals surface area contributed by atoms with Gasteiger partial charge in [0.25, 0.3) is 0 Å². The lowest BCUT2D eigenvalue weighted by molar-refractivity contribution is -0.0909. The summed E-state index contributed by atoms with van der Waals surface area (Å²) in [6.07, 6.45) is 2.33. The quantitative estimate of drug-likeness (QED) is 0.624. The van der Waals surface area contributed by atoms with Crippen LogP contribution >= 0.6 is 0 Å². The third kappa shape index (κ3) is 2.22. The molecule has 6 heteroatoms. The summed E-state index contributed by atoms with van der Waals surface area (Å²) in [5.74, 6) is -1.16. The van der Waals surface area contributed by atoms with Crippen LogP contribution in [0.15, 0.2) is 18.6 Å². The van der Waals surface area contributed by atoms with Crippen molar-refractivity contribution in [1.82, 2.24) is 9.97 Å². The molecule has 1 aromatic heterocycles. The first kappa shape index (κ1) is 8.51. The minimum absolute atomic E-state index is 0.190. The number of carbonyl (C=O) groups is 1. The molecule has 0 aromatic carbocycles. The summed E-state index contributed by atoms with van der Waals surface area (Å²) < 4.78 is 26.5. The van der Waals surface area contributed by atoms with E-state index in [1.165, 1.54) is 12.3 Å². The average Bonchev–Trinajstić information content (AvgIpc) is 2.05. The average molecular weight is 174 g/mol. The molecule has 0 aliphatic carbocycles. The molecule has 1 heterocycles. The smallest absolute Gasteiger partial charge is 0.389 e. The monoisotopic (exact) mass is 174 g/mol. The molecule has 64 valence electrons. The highest BCUT2D eigenvalue weighted by Gasteiger charge is 2.13. The van der Waals surface area contributed by atoms with Crippen molar-refractivity contribution >= 4 is 5.97 Å². The van der Waals surface area contributed by atoms with Crippen molar-refractivity contribution in [3.05, 3.63) is 24.3 Å². The van der Waals surface area contributed by atoms with Gasteiger partial charge in [0.2, 0.25) is 0 Å². The summed E-state index contributed by atoms with van der Waals surface area (Å²) in [5.41, 5.74) is -0.190. The second-order valence-electron chi connectivity index (χ2n) is 1.76. The van der Waals surface area contributed by atoms with Gasteiger partial charge in [-0.05, 0) is 6.07 Å². The maximum Gasteiger partial charge on any atom is 0.389 e. The summed E-state index contributed by atoms with van der Waals surface area (Å²) >= 11 is 0. The Morgan fingerprint density at radius 1 is 1.58 bits per heavy atom. The molecular formula is C6H4F2N2O2. The summed E-state index contributed by atoms with van der Waals surface area (Å²) in [6, 6.07) is 1.19. The normalized spacial score (nSPS) is 9.92. The van der Waals surface area contributed by atoms with Crippen LogP contribution in [0.5, 0.6) is 0 Å². The van der Waals surface area contributed by atoms with Gasteiger partial charge in [-0.2, -0.15) is 8.78 Å². The van der Waals surface area contributed by atoms with E-state index in [0.29, 0.717) is 0 Å². The molecule has 0 atom stereocenters. The number of carbonyl (C=O) groups excluding carboxylic acids is 1.